The number of ether oxygens (including phenoxy) is 1. The van der Waals surface area contributed by atoms with E-state index in [4.69, 9.17) is 4.74 Å². The third-order valence-corrected chi connectivity index (χ3v) is 6.44. The van der Waals surface area contributed by atoms with Gasteiger partial charge in [0, 0.05) is 26.3 Å². The second-order valence-electron chi connectivity index (χ2n) is 8.28. The number of aromatic nitrogens is 2. The van der Waals surface area contributed by atoms with Gasteiger partial charge in [-0.05, 0) is 24.2 Å². The summed E-state index contributed by atoms with van der Waals surface area (Å²) < 4.78 is 7.79. The molecule has 0 saturated heterocycles. The fourth-order valence-corrected chi connectivity index (χ4v) is 3.89. The lowest BCUT2D eigenvalue weighted by Crippen LogP contribution is -2.27. The van der Waals surface area contributed by atoms with Crippen LogP contribution in [0.15, 0.2) is 47.4 Å². The lowest BCUT2D eigenvalue weighted by Gasteiger charge is -2.16. The summed E-state index contributed by atoms with van der Waals surface area (Å²) in [5, 5.41) is 19.8. The molecule has 3 aromatic rings. The molecular weight excluding hydrogens is 404 g/mol. The molecule has 0 atom stereocenters. The van der Waals surface area contributed by atoms with Gasteiger partial charge in [-0.2, -0.15) is 0 Å². The molecule has 0 bridgehead atoms. The van der Waals surface area contributed by atoms with Gasteiger partial charge in [-0.25, -0.2) is 14.2 Å². The average molecular weight is 429 g/mol. The highest BCUT2D eigenvalue weighted by Gasteiger charge is 2.21. The molecule has 0 spiro atoms. The average Bonchev–Trinajstić information content (AvgIpc) is 3.04. The summed E-state index contributed by atoms with van der Waals surface area (Å²) in [4.78, 5) is 36.6. The summed E-state index contributed by atoms with van der Waals surface area (Å²) in [6.45, 7) is 6.97. The van der Waals surface area contributed by atoms with Crippen LogP contribution >= 0.6 is 0 Å². The molecule has 0 aliphatic carbocycles. The molecule has 0 radical (unpaired) electrons. The Morgan fingerprint density at radius 1 is 1.10 bits per heavy atom. The first-order chi connectivity index (χ1) is 14.1. The van der Waals surface area contributed by atoms with Crippen molar-refractivity contribution < 1.29 is 24.5 Å². The van der Waals surface area contributed by atoms with Gasteiger partial charge in [0.05, 0.1) is 22.3 Å². The maximum Gasteiger partial charge on any atom is 0.416 e. The molecule has 0 unspecified atom stereocenters. The summed E-state index contributed by atoms with van der Waals surface area (Å²) in [7, 11) is -1.32. The SMILES string of the molecule is C[Si](C)(C)CCOCn1cc(C(=O)O)cc(-c2cc3ccccc3n2C(=O)O)c1=O. The zero-order valence-electron chi connectivity index (χ0n) is 17.1. The van der Waals surface area contributed by atoms with Gasteiger partial charge in [-0.3, -0.25) is 9.36 Å². The Kier molecular flexibility index (Phi) is 5.95. The van der Waals surface area contributed by atoms with Crippen molar-refractivity contribution in [3.63, 3.8) is 0 Å². The van der Waals surface area contributed by atoms with E-state index in [9.17, 15) is 24.6 Å². The normalized spacial score (nSPS) is 11.7. The number of hydrogen-bond acceptors (Lipinski definition) is 4. The standard InChI is InChI=1S/C21H24N2O6Si/c1-30(2,3)9-8-29-13-22-12-15(20(25)26)10-16(19(22)24)18-11-14-6-4-5-7-17(14)23(18)21(27)28/h4-7,10-12H,8-9,13H2,1-3H3,(H,25,26)(H,27,28). The number of carboxylic acids is 1. The Bertz CT molecular complexity index is 1170. The van der Waals surface area contributed by atoms with Gasteiger partial charge in [0.15, 0.2) is 0 Å². The Balaban J connectivity index is 2.09. The maximum absolute atomic E-state index is 13.1. The van der Waals surface area contributed by atoms with Crippen molar-refractivity contribution in [2.24, 2.45) is 0 Å². The number of hydrogen-bond donors (Lipinski definition) is 2. The molecule has 0 aliphatic rings. The Labute approximate surface area is 174 Å². The summed E-state index contributed by atoms with van der Waals surface area (Å²) in [6, 6.07) is 10.5. The maximum atomic E-state index is 13.1. The fourth-order valence-electron chi connectivity index (χ4n) is 3.13. The van der Waals surface area contributed by atoms with E-state index in [0.29, 0.717) is 17.5 Å². The monoisotopic (exact) mass is 428 g/mol. The number of fused-ring (bicyclic) bond motifs is 1. The van der Waals surface area contributed by atoms with Gasteiger partial charge in [-0.1, -0.05) is 37.8 Å². The van der Waals surface area contributed by atoms with Gasteiger partial charge < -0.3 is 14.9 Å². The molecule has 0 saturated carbocycles. The molecule has 158 valence electrons. The second-order valence-corrected chi connectivity index (χ2v) is 13.9. The summed E-state index contributed by atoms with van der Waals surface area (Å²) in [6.07, 6.45) is -0.0412. The Morgan fingerprint density at radius 2 is 1.80 bits per heavy atom. The van der Waals surface area contributed by atoms with E-state index in [0.717, 1.165) is 10.6 Å². The van der Waals surface area contributed by atoms with E-state index in [1.807, 2.05) is 0 Å². The molecule has 2 aromatic heterocycles. The van der Waals surface area contributed by atoms with Crippen molar-refractivity contribution in [1.29, 1.82) is 0 Å². The lowest BCUT2D eigenvalue weighted by atomic mass is 10.1. The number of carbonyl (C=O) groups is 2. The van der Waals surface area contributed by atoms with E-state index in [2.05, 4.69) is 19.6 Å². The smallest absolute Gasteiger partial charge is 0.416 e. The predicted molar refractivity (Wildman–Crippen MR) is 116 cm³/mol. The largest absolute Gasteiger partial charge is 0.478 e. The van der Waals surface area contributed by atoms with E-state index in [1.54, 1.807) is 30.3 Å². The topological polar surface area (TPSA) is 111 Å². The molecular formula is C21H24N2O6Si. The molecule has 30 heavy (non-hydrogen) atoms. The zero-order valence-corrected chi connectivity index (χ0v) is 18.1. The minimum atomic E-state index is -1.32. The minimum Gasteiger partial charge on any atom is -0.478 e. The first-order valence-electron chi connectivity index (χ1n) is 9.48. The van der Waals surface area contributed by atoms with Crippen LogP contribution in [-0.4, -0.2) is 46.1 Å². The number of para-hydroxylation sites is 1. The molecule has 0 aliphatic heterocycles. The summed E-state index contributed by atoms with van der Waals surface area (Å²) >= 11 is 0. The highest BCUT2D eigenvalue weighted by Crippen LogP contribution is 2.27. The third kappa shape index (κ3) is 4.52. The van der Waals surface area contributed by atoms with E-state index >= 15 is 0 Å². The van der Waals surface area contributed by atoms with Crippen LogP contribution in [0.3, 0.4) is 0 Å². The van der Waals surface area contributed by atoms with Gasteiger partial charge in [0.25, 0.3) is 5.56 Å². The van der Waals surface area contributed by atoms with Crippen molar-refractivity contribution >= 4 is 31.0 Å². The first kappa shape index (κ1) is 21.5. The minimum absolute atomic E-state index is 0.0118. The van der Waals surface area contributed by atoms with Crippen molar-refractivity contribution in [3.05, 3.63) is 58.5 Å². The van der Waals surface area contributed by atoms with E-state index < -0.39 is 25.7 Å². The highest BCUT2D eigenvalue weighted by molar-refractivity contribution is 6.76. The number of benzene rings is 1. The fraction of sp³-hybridized carbons (Fsp3) is 0.286. The van der Waals surface area contributed by atoms with Gasteiger partial charge in [-0.15, -0.1) is 0 Å². The van der Waals surface area contributed by atoms with Crippen molar-refractivity contribution in [2.45, 2.75) is 32.4 Å². The molecule has 2 N–H and O–H groups in total. The lowest BCUT2D eigenvalue weighted by molar-refractivity contribution is 0.0688. The highest BCUT2D eigenvalue weighted by atomic mass is 28.3. The van der Waals surface area contributed by atoms with Gasteiger partial charge in [0.1, 0.15) is 6.73 Å². The van der Waals surface area contributed by atoms with Crippen LogP contribution in [-0.2, 0) is 11.5 Å². The zero-order chi connectivity index (χ0) is 22.1. The van der Waals surface area contributed by atoms with Crippen molar-refractivity contribution in [1.82, 2.24) is 9.13 Å². The van der Waals surface area contributed by atoms with Gasteiger partial charge in [0.2, 0.25) is 0 Å². The van der Waals surface area contributed by atoms with Gasteiger partial charge >= 0.3 is 12.1 Å². The number of carboxylic acid groups (broad SMARTS) is 2. The van der Waals surface area contributed by atoms with E-state index in [1.165, 1.54) is 16.8 Å². The quantitative estimate of drug-likeness (QED) is 0.435. The predicted octanol–water partition coefficient (Wildman–Crippen LogP) is 4.01. The summed E-state index contributed by atoms with van der Waals surface area (Å²) in [5.74, 6) is -1.22. The first-order valence-corrected chi connectivity index (χ1v) is 13.2. The molecule has 2 heterocycles. The second kappa shape index (κ2) is 8.29. The van der Waals surface area contributed by atoms with Crippen LogP contribution in [0.4, 0.5) is 4.79 Å². The van der Waals surface area contributed by atoms with Crippen LogP contribution in [0.25, 0.3) is 22.2 Å². The number of aromatic carboxylic acids is 1. The van der Waals surface area contributed by atoms with Crippen LogP contribution < -0.4 is 5.56 Å². The van der Waals surface area contributed by atoms with Crippen LogP contribution in [0.1, 0.15) is 10.4 Å². The molecule has 9 heteroatoms. The molecule has 0 fully saturated rings. The molecule has 8 nitrogen and oxygen atoms in total. The number of pyridine rings is 1. The molecule has 3 rings (SSSR count). The third-order valence-electron chi connectivity index (χ3n) is 4.74. The van der Waals surface area contributed by atoms with Crippen molar-refractivity contribution in [3.8, 4) is 11.3 Å². The Hall–Kier alpha value is -3.17. The van der Waals surface area contributed by atoms with E-state index in [-0.39, 0.29) is 23.6 Å². The van der Waals surface area contributed by atoms with Crippen LogP contribution in [0, 0.1) is 0 Å². The molecule has 1 aromatic carbocycles. The van der Waals surface area contributed by atoms with Crippen LogP contribution in [0.2, 0.25) is 25.7 Å². The number of rotatable bonds is 7. The van der Waals surface area contributed by atoms with Crippen LogP contribution in [0.5, 0.6) is 0 Å². The van der Waals surface area contributed by atoms with Crippen molar-refractivity contribution in [2.75, 3.05) is 6.61 Å². The number of nitrogens with zero attached hydrogens (tertiary/aromatic N) is 2. The Morgan fingerprint density at radius 3 is 2.43 bits per heavy atom. The summed E-state index contributed by atoms with van der Waals surface area (Å²) in [5.41, 5.74) is -0.119. The molecule has 0 amide bonds.